The summed E-state index contributed by atoms with van der Waals surface area (Å²) in [6.07, 6.45) is 3.33. The molecule has 100 valence electrons. The molecule has 1 aromatic rings. The molecule has 0 radical (unpaired) electrons. The van der Waals surface area contributed by atoms with Gasteiger partial charge in [-0.1, -0.05) is 20.3 Å². The molecule has 0 spiro atoms. The third-order valence-corrected chi connectivity index (χ3v) is 4.44. The quantitative estimate of drug-likeness (QED) is 0.861. The van der Waals surface area contributed by atoms with Gasteiger partial charge >= 0.3 is 0 Å². The van der Waals surface area contributed by atoms with Crippen LogP contribution in [0.4, 0.5) is 5.69 Å². The van der Waals surface area contributed by atoms with Gasteiger partial charge in [0, 0.05) is 5.69 Å². The van der Waals surface area contributed by atoms with Gasteiger partial charge in [-0.2, -0.15) is 0 Å². The van der Waals surface area contributed by atoms with Gasteiger partial charge in [0.25, 0.3) is 0 Å². The van der Waals surface area contributed by atoms with E-state index in [2.05, 4.69) is 19.2 Å². The first-order chi connectivity index (χ1) is 8.53. The van der Waals surface area contributed by atoms with Crippen molar-refractivity contribution in [3.8, 4) is 5.75 Å². The number of aliphatic hydroxyl groups is 1. The average Bonchev–Trinajstić information content (AvgIpc) is 2.66. The number of anilines is 1. The van der Waals surface area contributed by atoms with Gasteiger partial charge in [0.1, 0.15) is 5.75 Å². The summed E-state index contributed by atoms with van der Waals surface area (Å²) < 4.78 is 5.15. The van der Waals surface area contributed by atoms with E-state index in [4.69, 9.17) is 4.74 Å². The summed E-state index contributed by atoms with van der Waals surface area (Å²) in [5.74, 6) is 0.851. The van der Waals surface area contributed by atoms with Crippen LogP contribution in [0.3, 0.4) is 0 Å². The smallest absolute Gasteiger partial charge is 0.119 e. The van der Waals surface area contributed by atoms with Gasteiger partial charge in [0.05, 0.1) is 19.3 Å². The van der Waals surface area contributed by atoms with Crippen LogP contribution in [0.5, 0.6) is 5.75 Å². The van der Waals surface area contributed by atoms with Gasteiger partial charge in [-0.15, -0.1) is 0 Å². The molecule has 1 aromatic carbocycles. The van der Waals surface area contributed by atoms with Crippen molar-refractivity contribution in [3.63, 3.8) is 0 Å². The molecule has 0 amide bonds. The highest BCUT2D eigenvalue weighted by Crippen LogP contribution is 2.47. The second-order valence-corrected chi connectivity index (χ2v) is 5.83. The van der Waals surface area contributed by atoms with E-state index in [9.17, 15) is 5.11 Å². The molecule has 3 nitrogen and oxygen atoms in total. The van der Waals surface area contributed by atoms with Gasteiger partial charge in [-0.25, -0.2) is 0 Å². The normalized spacial score (nSPS) is 26.0. The maximum absolute atomic E-state index is 9.83. The Hall–Kier alpha value is -1.22. The van der Waals surface area contributed by atoms with Gasteiger partial charge in [0.15, 0.2) is 0 Å². The largest absolute Gasteiger partial charge is 0.497 e. The molecule has 1 aliphatic carbocycles. The number of nitrogens with one attached hydrogen (secondary N) is 1. The van der Waals surface area contributed by atoms with Crippen LogP contribution in [0.2, 0.25) is 0 Å². The molecule has 1 fully saturated rings. The topological polar surface area (TPSA) is 41.5 Å². The lowest BCUT2D eigenvalue weighted by Gasteiger charge is -2.41. The summed E-state index contributed by atoms with van der Waals surface area (Å²) in [5, 5.41) is 13.4. The molecular formula is C15H23NO2. The Morgan fingerprint density at radius 2 is 1.89 bits per heavy atom. The van der Waals surface area contributed by atoms with Crippen molar-refractivity contribution in [2.24, 2.45) is 5.41 Å². The van der Waals surface area contributed by atoms with Crippen LogP contribution in [0, 0.1) is 5.41 Å². The molecule has 2 N–H and O–H groups in total. The molecule has 1 saturated carbocycles. The van der Waals surface area contributed by atoms with E-state index in [1.165, 1.54) is 0 Å². The number of ether oxygens (including phenoxy) is 1. The predicted octanol–water partition coefficient (Wildman–Crippen LogP) is 3.05. The zero-order valence-electron chi connectivity index (χ0n) is 11.5. The van der Waals surface area contributed by atoms with Crippen LogP contribution in [0.25, 0.3) is 0 Å². The molecule has 2 rings (SSSR count). The summed E-state index contributed by atoms with van der Waals surface area (Å²) in [7, 11) is 1.66. The highest BCUT2D eigenvalue weighted by atomic mass is 16.5. The lowest BCUT2D eigenvalue weighted by molar-refractivity contribution is 0.128. The Kier molecular flexibility index (Phi) is 3.53. The van der Waals surface area contributed by atoms with Crippen molar-refractivity contribution < 1.29 is 9.84 Å². The number of methoxy groups -OCH3 is 1. The highest BCUT2D eigenvalue weighted by molar-refractivity contribution is 5.49. The Morgan fingerprint density at radius 1 is 1.22 bits per heavy atom. The molecule has 0 bridgehead atoms. The van der Waals surface area contributed by atoms with Crippen molar-refractivity contribution in [3.05, 3.63) is 24.3 Å². The average molecular weight is 249 g/mol. The predicted molar refractivity (Wildman–Crippen MR) is 74.1 cm³/mol. The Morgan fingerprint density at radius 3 is 2.33 bits per heavy atom. The lowest BCUT2D eigenvalue weighted by Crippen LogP contribution is -2.50. The van der Waals surface area contributed by atoms with E-state index in [0.29, 0.717) is 0 Å². The minimum atomic E-state index is -0.207. The van der Waals surface area contributed by atoms with Crippen molar-refractivity contribution in [2.45, 2.75) is 38.6 Å². The molecule has 0 heterocycles. The first-order valence-corrected chi connectivity index (χ1v) is 6.56. The van der Waals surface area contributed by atoms with Crippen LogP contribution >= 0.6 is 0 Å². The van der Waals surface area contributed by atoms with Crippen molar-refractivity contribution >= 4 is 5.69 Å². The van der Waals surface area contributed by atoms with Crippen LogP contribution in [0.15, 0.2) is 24.3 Å². The maximum atomic E-state index is 9.83. The van der Waals surface area contributed by atoms with Gasteiger partial charge in [-0.3, -0.25) is 0 Å². The lowest BCUT2D eigenvalue weighted by atomic mass is 9.75. The van der Waals surface area contributed by atoms with E-state index in [1.807, 2.05) is 24.3 Å². The van der Waals surface area contributed by atoms with Gasteiger partial charge in [0.2, 0.25) is 0 Å². The monoisotopic (exact) mass is 249 g/mol. The van der Waals surface area contributed by atoms with E-state index in [0.717, 1.165) is 30.7 Å². The molecule has 1 atom stereocenters. The molecule has 3 heteroatoms. The second kappa shape index (κ2) is 4.81. The number of hydrogen-bond acceptors (Lipinski definition) is 3. The van der Waals surface area contributed by atoms with Gasteiger partial charge < -0.3 is 15.2 Å². The van der Waals surface area contributed by atoms with E-state index < -0.39 is 0 Å². The third-order valence-electron chi connectivity index (χ3n) is 4.44. The fraction of sp³-hybridized carbons (Fsp3) is 0.600. The SMILES string of the molecule is COc1ccc(NC2(CO)CCCC2(C)C)cc1. The molecule has 1 aliphatic rings. The zero-order chi connectivity index (χ0) is 13.2. The molecule has 0 aliphatic heterocycles. The fourth-order valence-corrected chi connectivity index (χ4v) is 2.92. The summed E-state index contributed by atoms with van der Waals surface area (Å²) in [5.41, 5.74) is 0.948. The summed E-state index contributed by atoms with van der Waals surface area (Å²) in [6.45, 7) is 4.63. The number of aliphatic hydroxyl groups excluding tert-OH is 1. The molecule has 0 saturated heterocycles. The van der Waals surface area contributed by atoms with E-state index in [-0.39, 0.29) is 17.6 Å². The zero-order valence-corrected chi connectivity index (χ0v) is 11.5. The maximum Gasteiger partial charge on any atom is 0.119 e. The molecule has 1 unspecified atom stereocenters. The van der Waals surface area contributed by atoms with Crippen LogP contribution in [0.1, 0.15) is 33.1 Å². The minimum Gasteiger partial charge on any atom is -0.497 e. The number of rotatable bonds is 4. The highest BCUT2D eigenvalue weighted by Gasteiger charge is 2.48. The summed E-state index contributed by atoms with van der Waals surface area (Å²) >= 11 is 0. The number of benzene rings is 1. The molecular weight excluding hydrogens is 226 g/mol. The number of hydrogen-bond donors (Lipinski definition) is 2. The van der Waals surface area contributed by atoms with Crippen molar-refractivity contribution in [1.29, 1.82) is 0 Å². The standard InChI is InChI=1S/C15H23NO2/c1-14(2)9-4-10-15(14,11-17)16-12-5-7-13(18-3)8-6-12/h5-8,16-17H,4,9-11H2,1-3H3. The Labute approximate surface area is 109 Å². The first kappa shape index (κ1) is 13.2. The summed E-state index contributed by atoms with van der Waals surface area (Å²) in [4.78, 5) is 0. The summed E-state index contributed by atoms with van der Waals surface area (Å²) in [6, 6.07) is 7.89. The van der Waals surface area contributed by atoms with E-state index >= 15 is 0 Å². The van der Waals surface area contributed by atoms with Crippen LogP contribution < -0.4 is 10.1 Å². The van der Waals surface area contributed by atoms with Crippen LogP contribution in [-0.2, 0) is 0 Å². The van der Waals surface area contributed by atoms with Gasteiger partial charge in [-0.05, 0) is 42.5 Å². The Bertz CT molecular complexity index is 399. The second-order valence-electron chi connectivity index (χ2n) is 5.83. The molecule has 0 aromatic heterocycles. The van der Waals surface area contributed by atoms with Crippen molar-refractivity contribution in [2.75, 3.05) is 19.0 Å². The third kappa shape index (κ3) is 2.19. The van der Waals surface area contributed by atoms with Crippen LogP contribution in [-0.4, -0.2) is 24.4 Å². The first-order valence-electron chi connectivity index (χ1n) is 6.56. The molecule has 18 heavy (non-hydrogen) atoms. The van der Waals surface area contributed by atoms with E-state index in [1.54, 1.807) is 7.11 Å². The Balaban J connectivity index is 2.19. The minimum absolute atomic E-state index is 0.113. The van der Waals surface area contributed by atoms with Crippen molar-refractivity contribution in [1.82, 2.24) is 0 Å². The fourth-order valence-electron chi connectivity index (χ4n) is 2.92.